The van der Waals surface area contributed by atoms with Gasteiger partial charge in [0.25, 0.3) is 0 Å². The van der Waals surface area contributed by atoms with Crippen molar-refractivity contribution in [3.63, 3.8) is 0 Å². The molecule has 53 heteroatoms. The molecule has 2 saturated heterocycles. The molecule has 16 rings (SSSR count). The summed E-state index contributed by atoms with van der Waals surface area (Å²) in [5.74, 6) is 5.66. The van der Waals surface area contributed by atoms with Gasteiger partial charge in [-0.2, -0.15) is 38.7 Å². The second-order valence-corrected chi connectivity index (χ2v) is 34.5. The van der Waals surface area contributed by atoms with Gasteiger partial charge in [0.2, 0.25) is 99.2 Å². The van der Waals surface area contributed by atoms with Gasteiger partial charge in [-0.25, -0.2) is 94.1 Å². The predicted molar refractivity (Wildman–Crippen MR) is 480 cm³/mol. The molecule has 2 unspecified atom stereocenters. The number of methoxy groups -OCH3 is 2. The molecule has 0 radical (unpaired) electrons. The van der Waals surface area contributed by atoms with E-state index in [0.717, 1.165) is 61.5 Å². The molecule has 674 valence electrons. The Morgan fingerprint density at radius 1 is 0.473 bits per heavy atom. The normalized spacial score (nSPS) is 14.0. The summed E-state index contributed by atoms with van der Waals surface area (Å²) in [6, 6.07) is 46.9. The largest absolute Gasteiger partial charge is 0.490 e. The van der Waals surface area contributed by atoms with Gasteiger partial charge >= 0.3 is 0 Å². The molecule has 2 fully saturated rings. The molecule has 129 heavy (non-hydrogen) atoms. The first kappa shape index (κ1) is 91.8. The van der Waals surface area contributed by atoms with Crippen LogP contribution in [0, 0.1) is 6.92 Å². The summed E-state index contributed by atoms with van der Waals surface area (Å²) in [4.78, 5) is 53.0. The number of anilines is 16. The quantitative estimate of drug-likeness (QED) is 0.0297. The Kier molecular flexibility index (Phi) is 29.2. The molecule has 26 N–H and O–H groups in total. The van der Waals surface area contributed by atoms with Gasteiger partial charge < -0.3 is 90.3 Å². The number of nitrogen functional groups attached to an aromatic ring is 4. The van der Waals surface area contributed by atoms with Gasteiger partial charge in [0.05, 0.1) is 45.9 Å². The van der Waals surface area contributed by atoms with E-state index in [-0.39, 0.29) is 85.9 Å². The maximum Gasteiger partial charge on any atom is 0.248 e. The average molecular weight is 1840 g/mol. The molecule has 0 aliphatic carbocycles. The van der Waals surface area contributed by atoms with Gasteiger partial charge in [-0.3, -0.25) is 0 Å². The smallest absolute Gasteiger partial charge is 0.248 e. The topological polar surface area (TPSA) is 721 Å². The number of aromatic nitrogens is 20. The van der Waals surface area contributed by atoms with E-state index in [2.05, 4.69) is 128 Å². The molecule has 0 bridgehead atoms. The zero-order chi connectivity index (χ0) is 91.6. The number of aliphatic hydroxyl groups excluding tert-OH is 1. The van der Waals surface area contributed by atoms with Crippen molar-refractivity contribution in [2.75, 3.05) is 125 Å². The molecule has 10 heterocycles. The molecule has 0 spiro atoms. The van der Waals surface area contributed by atoms with Crippen LogP contribution < -0.4 is 101 Å². The van der Waals surface area contributed by atoms with Crippen LogP contribution in [0.4, 0.5) is 93.6 Å². The lowest BCUT2D eigenvalue weighted by Gasteiger charge is -2.23. The first-order chi connectivity index (χ1) is 61.8. The summed E-state index contributed by atoms with van der Waals surface area (Å²) in [7, 11) is -11.9. The van der Waals surface area contributed by atoms with Crippen LogP contribution in [0.3, 0.4) is 0 Å². The summed E-state index contributed by atoms with van der Waals surface area (Å²) in [5.41, 5.74) is 29.4. The van der Waals surface area contributed by atoms with Crippen molar-refractivity contribution in [3.05, 3.63) is 212 Å². The molecule has 3 atom stereocenters. The number of hydrogen-bond acceptors (Lipinski definition) is 41. The molecule has 6 aromatic carbocycles. The first-order valence-electron chi connectivity index (χ1n) is 38.8. The molecule has 0 amide bonds. The van der Waals surface area contributed by atoms with Gasteiger partial charge in [0, 0.05) is 85.8 Å². The molecule has 2 aliphatic rings. The average Bonchev–Trinajstić information content (AvgIpc) is 1.68. The van der Waals surface area contributed by atoms with Crippen molar-refractivity contribution in [2.24, 2.45) is 20.6 Å². The highest BCUT2D eigenvalue weighted by Crippen LogP contribution is 2.33. The maximum atomic E-state index is 11.4. The minimum absolute atomic E-state index is 0.000604. The molecular formula is C76H90N38O11S4. The van der Waals surface area contributed by atoms with E-state index in [1.807, 2.05) is 72.5 Å². The van der Waals surface area contributed by atoms with Crippen molar-refractivity contribution < 1.29 is 48.3 Å². The van der Waals surface area contributed by atoms with Crippen molar-refractivity contribution >= 4 is 134 Å². The number of sulfonamides is 4. The molecule has 8 aromatic heterocycles. The van der Waals surface area contributed by atoms with Gasteiger partial charge in [-0.1, -0.05) is 60.7 Å². The Labute approximate surface area is 738 Å². The van der Waals surface area contributed by atoms with E-state index in [1.165, 1.54) is 112 Å². The second kappa shape index (κ2) is 41.0. The number of benzene rings is 6. The summed E-state index contributed by atoms with van der Waals surface area (Å²) in [6.07, 6.45) is 7.61. The third-order valence-corrected chi connectivity index (χ3v) is 22.7. The van der Waals surface area contributed by atoms with Gasteiger partial charge in [-0.05, 0) is 141 Å². The zero-order valence-corrected chi connectivity index (χ0v) is 72.2. The molecule has 0 saturated carbocycles. The number of nitrogens with zero attached hydrogens (tertiary/aromatic N) is 21. The summed E-state index contributed by atoms with van der Waals surface area (Å²) < 4.78 is 107. The van der Waals surface area contributed by atoms with Crippen molar-refractivity contribution in [1.82, 2.24) is 110 Å². The van der Waals surface area contributed by atoms with E-state index in [9.17, 15) is 38.8 Å². The zero-order valence-electron chi connectivity index (χ0n) is 69.0. The second-order valence-electron chi connectivity index (χ2n) is 28.2. The van der Waals surface area contributed by atoms with E-state index in [4.69, 9.17) is 53.0 Å². The lowest BCUT2D eigenvalue weighted by Crippen LogP contribution is -2.27. The van der Waals surface area contributed by atoms with Crippen molar-refractivity contribution in [1.29, 1.82) is 0 Å². The fourth-order valence-electron chi connectivity index (χ4n) is 12.8. The highest BCUT2D eigenvalue weighted by atomic mass is 32.2. The Hall–Kier alpha value is -14.9. The lowest BCUT2D eigenvalue weighted by molar-refractivity contribution is 0.186. The van der Waals surface area contributed by atoms with E-state index >= 15 is 0 Å². The van der Waals surface area contributed by atoms with Crippen LogP contribution in [0.1, 0.15) is 35.6 Å². The Balaban J connectivity index is 0.000000147. The van der Waals surface area contributed by atoms with Crippen LogP contribution in [0.25, 0.3) is 23.3 Å². The van der Waals surface area contributed by atoms with Gasteiger partial charge in [0.15, 0.2) is 23.3 Å². The number of nitrogens with two attached hydrogens (primary N) is 8. The lowest BCUT2D eigenvalue weighted by atomic mass is 10.1. The number of rotatable bonds is 31. The minimum Gasteiger partial charge on any atom is -0.490 e. The predicted octanol–water partition coefficient (Wildman–Crippen LogP) is 2.79. The number of primary sulfonamides is 4. The van der Waals surface area contributed by atoms with Crippen molar-refractivity contribution in [3.8, 4) is 29.0 Å². The number of hydrogen-bond donors (Lipinski definition) is 18. The third kappa shape index (κ3) is 24.4. The summed E-state index contributed by atoms with van der Waals surface area (Å²) >= 11 is 0. The third-order valence-electron chi connectivity index (χ3n) is 19.0. The highest BCUT2D eigenvalue weighted by molar-refractivity contribution is 7.90. The Morgan fingerprint density at radius 3 is 1.28 bits per heavy atom. The standard InChI is InChI=1S/2C21H23N9O3S.C17H22N10O3S.C17H22N10O2S/c1-33-12-17(14-5-3-2-4-6-14)27-18-11-19(25-13-24-18)30-20(22)28-21(29-30)26-15-7-9-16(10-8-15)34(23,31)32;22-20-27-21(26-16-6-8-17(9-7-16)34(23,32)33)28-30(20)19-12-18(24-14-25-19)29(10-11-31)13-15-4-2-1-3-5-15;1-30-13-14(23-11-6-7-20-8-11)21-9-22-15(13)27-16(18)25-17(26-27)24-10-2-4-12(5-3-10)31(19,28)29;1-10-14(23-12-6-7-20-8-12)21-9-22-15(10)27-16(18)25-17(26-27)24-11-2-4-13(5-3-11)30(19,28)29/h2-11,13,17H,12H2,1H3,(H2,23,31,32)(H,24,25,27)(H3,22,26,28,29);1-9,12,14,31H,10-11,13H2,(H2,23,32,33)(H3,22,26,27,28);2-5,9,11,20H,6-8H2,1H3,(H2,19,28,29)(H,21,22,23)(H3,18,24,25,26);2-5,9,12,20H,6-8H2,1H3,(H2,19,28,29)(H,21,22,23)(H3,18,24,25,26)/t17-;;;/m0.../s1. The first-order valence-corrected chi connectivity index (χ1v) is 45.0. The fourth-order valence-corrected chi connectivity index (χ4v) is 14.8. The Bertz CT molecular complexity index is 6640. The van der Waals surface area contributed by atoms with Crippen LogP contribution >= 0.6 is 0 Å². The van der Waals surface area contributed by atoms with Crippen LogP contribution in [-0.4, -0.2) is 210 Å². The van der Waals surface area contributed by atoms with Crippen LogP contribution in [0.5, 0.6) is 5.75 Å². The fraction of sp³-hybridized carbons (Fsp3) is 0.211. The molecular weight excluding hydrogens is 1750 g/mol. The molecule has 49 nitrogen and oxygen atoms in total. The van der Waals surface area contributed by atoms with E-state index < -0.39 is 40.1 Å². The number of aliphatic hydroxyl groups is 1. The monoisotopic (exact) mass is 1840 g/mol. The number of ether oxygens (including phenoxy) is 2. The maximum absolute atomic E-state index is 11.4. The van der Waals surface area contributed by atoms with Crippen LogP contribution in [0.15, 0.2) is 215 Å². The number of nitrogens with one attached hydrogen (secondary N) is 9. The highest BCUT2D eigenvalue weighted by Gasteiger charge is 2.26. The SMILES string of the molecule is COC[C@H](Nc1cc(-n2nc(Nc3ccc(S(N)(=O)=O)cc3)nc2N)ncn1)c1ccccc1.COc1c(NC2CCNC2)ncnc1-n1nc(Nc2ccc(S(N)(=O)=O)cc2)nc1N.Cc1c(NC2CCNC2)ncnc1-n1nc(Nc2ccc(S(N)(=O)=O)cc2)nc1N.Nc1nc(Nc2ccc(S(N)(=O)=O)cc2)nn1-c1cc(N(CCO)Cc2ccccc2)ncn1. The van der Waals surface area contributed by atoms with E-state index in [1.54, 1.807) is 55.6 Å². The van der Waals surface area contributed by atoms with Crippen molar-refractivity contribution in [2.45, 2.75) is 64.0 Å². The minimum atomic E-state index is -3.78. The molecule has 14 aromatic rings. The van der Waals surface area contributed by atoms with Gasteiger partial charge in [0.1, 0.15) is 42.8 Å². The van der Waals surface area contributed by atoms with Crippen LogP contribution in [-0.2, 0) is 51.4 Å². The summed E-state index contributed by atoms with van der Waals surface area (Å²) in [5, 5.41) is 75.9. The summed E-state index contributed by atoms with van der Waals surface area (Å²) in [6.45, 7) is 6.81. The van der Waals surface area contributed by atoms with E-state index in [0.29, 0.717) is 95.0 Å². The van der Waals surface area contributed by atoms with Gasteiger partial charge in [-0.15, -0.1) is 20.4 Å². The van der Waals surface area contributed by atoms with Crippen LogP contribution in [0.2, 0.25) is 0 Å². The Morgan fingerprint density at radius 2 is 0.860 bits per heavy atom. The molecule has 2 aliphatic heterocycles.